The molecule has 3 N–H and O–H groups in total. The Morgan fingerprint density at radius 3 is 2.76 bits per heavy atom. The summed E-state index contributed by atoms with van der Waals surface area (Å²) in [4.78, 5) is 6.95. The molecule has 2 aromatic rings. The molecule has 1 unspecified atom stereocenters. The van der Waals surface area contributed by atoms with Crippen LogP contribution in [0.4, 0.5) is 0 Å². The molecule has 4 heteroatoms. The molecule has 90 valence electrons. The first kappa shape index (κ1) is 12.2. The number of nitrogens with two attached hydrogens (primary N) is 1. The van der Waals surface area contributed by atoms with E-state index in [4.69, 9.17) is 5.84 Å². The molecule has 0 fully saturated rings. The minimum atomic E-state index is 0.141. The summed E-state index contributed by atoms with van der Waals surface area (Å²) in [6, 6.07) is 8.29. The Labute approximate surface area is 106 Å². The van der Waals surface area contributed by atoms with Crippen LogP contribution in [0.3, 0.4) is 0 Å². The van der Waals surface area contributed by atoms with Crippen LogP contribution in [0, 0.1) is 13.8 Å². The molecule has 0 bridgehead atoms. The Bertz CT molecular complexity index is 459. The molecule has 0 aliphatic carbocycles. The Morgan fingerprint density at radius 1 is 1.41 bits per heavy atom. The predicted octanol–water partition coefficient (Wildman–Crippen LogP) is 2.51. The van der Waals surface area contributed by atoms with Gasteiger partial charge in [-0.3, -0.25) is 16.3 Å². The number of hydrogen-bond acceptors (Lipinski definition) is 4. The van der Waals surface area contributed by atoms with E-state index < -0.39 is 0 Å². The van der Waals surface area contributed by atoms with Crippen LogP contribution >= 0.6 is 11.3 Å². The molecule has 0 amide bonds. The lowest BCUT2D eigenvalue weighted by Gasteiger charge is -2.13. The van der Waals surface area contributed by atoms with Gasteiger partial charge < -0.3 is 0 Å². The lowest BCUT2D eigenvalue weighted by atomic mass is 10.1. The van der Waals surface area contributed by atoms with Crippen LogP contribution in [-0.4, -0.2) is 4.98 Å². The molecule has 2 rings (SSSR count). The molecule has 3 nitrogen and oxygen atoms in total. The highest BCUT2D eigenvalue weighted by molar-refractivity contribution is 7.12. The van der Waals surface area contributed by atoms with E-state index >= 15 is 0 Å². The lowest BCUT2D eigenvalue weighted by molar-refractivity contribution is 0.554. The van der Waals surface area contributed by atoms with Crippen molar-refractivity contribution in [3.63, 3.8) is 0 Å². The maximum atomic E-state index is 5.64. The number of thiophene rings is 1. The molecule has 0 saturated carbocycles. The maximum Gasteiger partial charge on any atom is 0.0608 e. The summed E-state index contributed by atoms with van der Waals surface area (Å²) in [5.41, 5.74) is 5.26. The van der Waals surface area contributed by atoms with Crippen molar-refractivity contribution in [2.45, 2.75) is 26.3 Å². The Morgan fingerprint density at radius 2 is 2.24 bits per heavy atom. The highest BCUT2D eigenvalue weighted by Crippen LogP contribution is 2.27. The molecule has 0 radical (unpaired) electrons. The van der Waals surface area contributed by atoms with Crippen molar-refractivity contribution in [3.05, 3.63) is 51.5 Å². The van der Waals surface area contributed by atoms with Gasteiger partial charge in [-0.2, -0.15) is 0 Å². The number of aromatic nitrogens is 1. The third kappa shape index (κ3) is 2.91. The summed E-state index contributed by atoms with van der Waals surface area (Å²) >= 11 is 1.80. The minimum Gasteiger partial charge on any atom is -0.271 e. The van der Waals surface area contributed by atoms with E-state index in [9.17, 15) is 0 Å². The SMILES string of the molecule is Cc1cc(C(Cc2ccccn2)NN)sc1C. The van der Waals surface area contributed by atoms with Gasteiger partial charge in [0.15, 0.2) is 0 Å². The highest BCUT2D eigenvalue weighted by atomic mass is 32.1. The van der Waals surface area contributed by atoms with Gasteiger partial charge in [0.05, 0.1) is 6.04 Å². The average Bonchev–Trinajstić information content (AvgIpc) is 2.68. The largest absolute Gasteiger partial charge is 0.271 e. The molecule has 2 heterocycles. The van der Waals surface area contributed by atoms with Crippen molar-refractivity contribution in [1.29, 1.82) is 0 Å². The number of nitrogens with one attached hydrogen (secondary N) is 1. The van der Waals surface area contributed by atoms with Crippen LogP contribution in [0.1, 0.15) is 27.1 Å². The molecule has 1 atom stereocenters. The van der Waals surface area contributed by atoms with Crippen molar-refractivity contribution >= 4 is 11.3 Å². The van der Waals surface area contributed by atoms with Crippen molar-refractivity contribution < 1.29 is 0 Å². The first-order chi connectivity index (χ1) is 8.20. The first-order valence-electron chi connectivity index (χ1n) is 5.63. The summed E-state index contributed by atoms with van der Waals surface area (Å²) in [5, 5.41) is 0. The second-order valence-corrected chi connectivity index (χ2v) is 5.42. The number of pyridine rings is 1. The quantitative estimate of drug-likeness (QED) is 0.644. The summed E-state index contributed by atoms with van der Waals surface area (Å²) in [7, 11) is 0. The first-order valence-corrected chi connectivity index (χ1v) is 6.45. The summed E-state index contributed by atoms with van der Waals surface area (Å²) < 4.78 is 0. The van der Waals surface area contributed by atoms with Crippen molar-refractivity contribution in [3.8, 4) is 0 Å². The summed E-state index contributed by atoms with van der Waals surface area (Å²) in [5.74, 6) is 5.64. The molecule has 0 aromatic carbocycles. The molecule has 0 saturated heterocycles. The van der Waals surface area contributed by atoms with Gasteiger partial charge in [-0.1, -0.05) is 6.07 Å². The number of hydrazine groups is 1. The lowest BCUT2D eigenvalue weighted by Crippen LogP contribution is -2.29. The fourth-order valence-corrected chi connectivity index (χ4v) is 2.85. The summed E-state index contributed by atoms with van der Waals surface area (Å²) in [6.07, 6.45) is 2.63. The zero-order chi connectivity index (χ0) is 12.3. The van der Waals surface area contributed by atoms with Gasteiger partial charge in [-0.25, -0.2) is 0 Å². The smallest absolute Gasteiger partial charge is 0.0608 e. The molecule has 0 aliphatic rings. The van der Waals surface area contributed by atoms with Crippen LogP contribution < -0.4 is 11.3 Å². The monoisotopic (exact) mass is 247 g/mol. The van der Waals surface area contributed by atoms with Gasteiger partial charge in [-0.15, -0.1) is 11.3 Å². The second kappa shape index (κ2) is 5.40. The van der Waals surface area contributed by atoms with Crippen molar-refractivity contribution in [1.82, 2.24) is 10.4 Å². The van der Waals surface area contributed by atoms with Gasteiger partial charge in [0.2, 0.25) is 0 Å². The number of aryl methyl sites for hydroxylation is 2. The van der Waals surface area contributed by atoms with Crippen LogP contribution in [-0.2, 0) is 6.42 Å². The number of rotatable bonds is 4. The van der Waals surface area contributed by atoms with Gasteiger partial charge in [0, 0.05) is 28.1 Å². The standard InChI is InChI=1S/C13H17N3S/c1-9-7-13(17-10(9)2)12(16-14)8-11-5-3-4-6-15-11/h3-7,12,16H,8,14H2,1-2H3. The fraction of sp³-hybridized carbons (Fsp3) is 0.308. The van der Waals surface area contributed by atoms with E-state index in [1.165, 1.54) is 15.3 Å². The molecule has 17 heavy (non-hydrogen) atoms. The topological polar surface area (TPSA) is 50.9 Å². The van der Waals surface area contributed by atoms with E-state index in [-0.39, 0.29) is 6.04 Å². The maximum absolute atomic E-state index is 5.64. The molecule has 0 aliphatic heterocycles. The van der Waals surface area contributed by atoms with E-state index in [1.807, 2.05) is 24.4 Å². The van der Waals surface area contributed by atoms with Gasteiger partial charge in [0.1, 0.15) is 0 Å². The number of hydrogen-bond donors (Lipinski definition) is 2. The van der Waals surface area contributed by atoms with E-state index in [1.54, 1.807) is 11.3 Å². The molecular weight excluding hydrogens is 230 g/mol. The van der Waals surface area contributed by atoms with Gasteiger partial charge >= 0.3 is 0 Å². The fourth-order valence-electron chi connectivity index (χ4n) is 1.74. The Balaban J connectivity index is 2.17. The molecule has 2 aromatic heterocycles. The zero-order valence-electron chi connectivity index (χ0n) is 10.1. The Hall–Kier alpha value is -1.23. The third-order valence-electron chi connectivity index (χ3n) is 2.87. The highest BCUT2D eigenvalue weighted by Gasteiger charge is 2.14. The van der Waals surface area contributed by atoms with Crippen LogP contribution in [0.25, 0.3) is 0 Å². The molecular formula is C13H17N3S. The van der Waals surface area contributed by atoms with E-state index in [0.717, 1.165) is 12.1 Å². The average molecular weight is 247 g/mol. The van der Waals surface area contributed by atoms with Crippen LogP contribution in [0.5, 0.6) is 0 Å². The second-order valence-electron chi connectivity index (χ2n) is 4.13. The predicted molar refractivity (Wildman–Crippen MR) is 71.8 cm³/mol. The zero-order valence-corrected chi connectivity index (χ0v) is 10.9. The normalized spacial score (nSPS) is 12.6. The van der Waals surface area contributed by atoms with Crippen molar-refractivity contribution in [2.75, 3.05) is 0 Å². The van der Waals surface area contributed by atoms with Crippen LogP contribution in [0.2, 0.25) is 0 Å². The van der Waals surface area contributed by atoms with Crippen molar-refractivity contribution in [2.24, 2.45) is 5.84 Å². The van der Waals surface area contributed by atoms with E-state index in [2.05, 4.69) is 30.3 Å². The Kier molecular flexibility index (Phi) is 3.89. The van der Waals surface area contributed by atoms with Crippen LogP contribution in [0.15, 0.2) is 30.5 Å². The molecule has 0 spiro atoms. The summed E-state index contributed by atoms with van der Waals surface area (Å²) in [6.45, 7) is 4.27. The van der Waals surface area contributed by atoms with E-state index in [0.29, 0.717) is 0 Å². The van der Waals surface area contributed by atoms with Gasteiger partial charge in [0.25, 0.3) is 0 Å². The number of nitrogens with zero attached hydrogens (tertiary/aromatic N) is 1. The minimum absolute atomic E-state index is 0.141. The third-order valence-corrected chi connectivity index (χ3v) is 4.14. The van der Waals surface area contributed by atoms with Gasteiger partial charge in [-0.05, 0) is 37.6 Å².